The van der Waals surface area contributed by atoms with Gasteiger partial charge in [-0.2, -0.15) is 8.42 Å². The molecular weight excluding hydrogens is 230 g/mol. The summed E-state index contributed by atoms with van der Waals surface area (Å²) in [6.45, 7) is 0.514. The first-order chi connectivity index (χ1) is 7.54. The molecule has 0 bridgehead atoms. The van der Waals surface area contributed by atoms with Crippen molar-refractivity contribution in [2.75, 3.05) is 13.2 Å². The molecular formula is C10H13NO4S. The minimum Gasteiger partial charge on any atom is -0.493 e. The second-order valence-corrected chi connectivity index (χ2v) is 4.99. The molecule has 1 unspecified atom stereocenters. The second-order valence-electron chi connectivity index (χ2n) is 3.77. The van der Waals surface area contributed by atoms with Crippen molar-refractivity contribution in [3.8, 4) is 5.75 Å². The zero-order valence-electron chi connectivity index (χ0n) is 8.63. The van der Waals surface area contributed by atoms with E-state index in [9.17, 15) is 8.42 Å². The lowest BCUT2D eigenvalue weighted by molar-refractivity contribution is 0.162. The fraction of sp³-hybridized carbons (Fsp3) is 0.400. The highest BCUT2D eigenvalue weighted by molar-refractivity contribution is 7.84. The molecule has 1 aliphatic heterocycles. The van der Waals surface area contributed by atoms with Crippen molar-refractivity contribution < 1.29 is 17.3 Å². The van der Waals surface area contributed by atoms with Gasteiger partial charge in [0, 0.05) is 5.92 Å². The lowest BCUT2D eigenvalue weighted by Gasteiger charge is -2.24. The minimum atomic E-state index is -3.86. The first-order valence-electron chi connectivity index (χ1n) is 4.92. The van der Waals surface area contributed by atoms with E-state index >= 15 is 0 Å². The largest absolute Gasteiger partial charge is 0.493 e. The third-order valence-electron chi connectivity index (χ3n) is 2.42. The van der Waals surface area contributed by atoms with Gasteiger partial charge in [0.05, 0.1) is 13.2 Å². The predicted octanol–water partition coefficient (Wildman–Crippen LogP) is 0.458. The van der Waals surface area contributed by atoms with Gasteiger partial charge in [-0.15, -0.1) is 0 Å². The van der Waals surface area contributed by atoms with Crippen molar-refractivity contribution in [2.24, 2.45) is 11.1 Å². The van der Waals surface area contributed by atoms with Gasteiger partial charge in [0.1, 0.15) is 5.75 Å². The number of rotatable bonds is 3. The molecule has 0 saturated heterocycles. The van der Waals surface area contributed by atoms with Crippen LogP contribution in [0.3, 0.4) is 0 Å². The van der Waals surface area contributed by atoms with Gasteiger partial charge in [-0.1, -0.05) is 18.2 Å². The molecule has 0 fully saturated rings. The van der Waals surface area contributed by atoms with Crippen LogP contribution in [0.25, 0.3) is 0 Å². The summed E-state index contributed by atoms with van der Waals surface area (Å²) in [5.74, 6) is 0.877. The summed E-state index contributed by atoms with van der Waals surface area (Å²) < 4.78 is 31.3. The highest BCUT2D eigenvalue weighted by atomic mass is 32.2. The fourth-order valence-corrected chi connectivity index (χ4v) is 2.07. The molecule has 16 heavy (non-hydrogen) atoms. The third-order valence-corrected chi connectivity index (χ3v) is 2.89. The van der Waals surface area contributed by atoms with Crippen molar-refractivity contribution in [1.29, 1.82) is 0 Å². The lowest BCUT2D eigenvalue weighted by Crippen LogP contribution is -2.28. The first kappa shape index (κ1) is 11.4. The topological polar surface area (TPSA) is 78.6 Å². The van der Waals surface area contributed by atoms with Crippen LogP contribution in [0.5, 0.6) is 5.75 Å². The second kappa shape index (κ2) is 4.40. The zero-order valence-corrected chi connectivity index (χ0v) is 9.44. The van der Waals surface area contributed by atoms with Crippen LogP contribution < -0.4 is 9.88 Å². The molecule has 0 spiro atoms. The molecule has 1 aromatic rings. The van der Waals surface area contributed by atoms with E-state index in [1.165, 1.54) is 0 Å². The molecule has 5 nitrogen and oxygen atoms in total. The zero-order chi connectivity index (χ0) is 11.6. The summed E-state index contributed by atoms with van der Waals surface area (Å²) in [6, 6.07) is 7.68. The van der Waals surface area contributed by atoms with Gasteiger partial charge in [-0.05, 0) is 18.1 Å². The highest BCUT2D eigenvalue weighted by Crippen LogP contribution is 2.26. The van der Waals surface area contributed by atoms with E-state index in [0.717, 1.165) is 17.7 Å². The molecule has 1 atom stereocenters. The quantitative estimate of drug-likeness (QED) is 0.836. The van der Waals surface area contributed by atoms with Crippen LogP contribution in [-0.4, -0.2) is 21.6 Å². The lowest BCUT2D eigenvalue weighted by atomic mass is 9.98. The van der Waals surface area contributed by atoms with Gasteiger partial charge in [0.2, 0.25) is 0 Å². The van der Waals surface area contributed by atoms with Crippen molar-refractivity contribution in [1.82, 2.24) is 0 Å². The summed E-state index contributed by atoms with van der Waals surface area (Å²) in [7, 11) is -3.86. The van der Waals surface area contributed by atoms with Crippen molar-refractivity contribution in [3.05, 3.63) is 29.8 Å². The van der Waals surface area contributed by atoms with E-state index in [4.69, 9.17) is 9.88 Å². The predicted molar refractivity (Wildman–Crippen MR) is 58.2 cm³/mol. The van der Waals surface area contributed by atoms with E-state index in [-0.39, 0.29) is 12.5 Å². The fourth-order valence-electron chi connectivity index (χ4n) is 1.69. The monoisotopic (exact) mass is 243 g/mol. The van der Waals surface area contributed by atoms with Crippen molar-refractivity contribution in [3.63, 3.8) is 0 Å². The van der Waals surface area contributed by atoms with Crippen LogP contribution in [-0.2, 0) is 20.9 Å². The molecule has 0 radical (unpaired) electrons. The van der Waals surface area contributed by atoms with Crippen LogP contribution in [0.1, 0.15) is 5.56 Å². The van der Waals surface area contributed by atoms with E-state index in [2.05, 4.69) is 4.18 Å². The Bertz CT molecular complexity index is 471. The summed E-state index contributed by atoms with van der Waals surface area (Å²) in [5.41, 5.74) is 1.07. The number of benzene rings is 1. The number of nitrogens with two attached hydrogens (primary N) is 1. The van der Waals surface area contributed by atoms with Crippen LogP contribution in [0.4, 0.5) is 0 Å². The standard InChI is InChI=1S/C10H13NO4S/c11-16(12,13)15-7-8-5-9-3-1-2-4-10(9)14-6-8/h1-4,8H,5-7H2,(H2,11,12,13). The van der Waals surface area contributed by atoms with Gasteiger partial charge >= 0.3 is 10.3 Å². The summed E-state index contributed by atoms with van der Waals surface area (Å²) in [4.78, 5) is 0. The highest BCUT2D eigenvalue weighted by Gasteiger charge is 2.21. The Kier molecular flexibility index (Phi) is 3.13. The molecule has 88 valence electrons. The number of fused-ring (bicyclic) bond motifs is 1. The number of ether oxygens (including phenoxy) is 1. The van der Waals surface area contributed by atoms with E-state index in [0.29, 0.717) is 6.61 Å². The molecule has 2 rings (SSSR count). The molecule has 0 amide bonds. The molecule has 1 aromatic carbocycles. The smallest absolute Gasteiger partial charge is 0.333 e. The summed E-state index contributed by atoms with van der Waals surface area (Å²) >= 11 is 0. The van der Waals surface area contributed by atoms with Crippen LogP contribution in [0.15, 0.2) is 24.3 Å². The molecule has 1 heterocycles. The maximum absolute atomic E-state index is 10.6. The molecule has 0 aliphatic carbocycles. The Morgan fingerprint density at radius 3 is 2.94 bits per heavy atom. The Labute approximate surface area is 94.4 Å². The molecule has 2 N–H and O–H groups in total. The Morgan fingerprint density at radius 1 is 1.44 bits per heavy atom. The molecule has 6 heteroatoms. The Hall–Kier alpha value is -1.11. The maximum Gasteiger partial charge on any atom is 0.333 e. The minimum absolute atomic E-state index is 0.0215. The van der Waals surface area contributed by atoms with Crippen LogP contribution >= 0.6 is 0 Å². The third kappa shape index (κ3) is 2.94. The first-order valence-corrected chi connectivity index (χ1v) is 6.39. The van der Waals surface area contributed by atoms with Gasteiger partial charge < -0.3 is 4.74 Å². The molecule has 1 aliphatic rings. The Morgan fingerprint density at radius 2 is 2.19 bits per heavy atom. The number of hydrogen-bond acceptors (Lipinski definition) is 4. The average molecular weight is 243 g/mol. The maximum atomic E-state index is 10.6. The van der Waals surface area contributed by atoms with E-state index in [1.807, 2.05) is 24.3 Å². The van der Waals surface area contributed by atoms with Crippen LogP contribution in [0.2, 0.25) is 0 Å². The van der Waals surface area contributed by atoms with Crippen molar-refractivity contribution in [2.45, 2.75) is 6.42 Å². The molecule has 0 saturated carbocycles. The van der Waals surface area contributed by atoms with Gasteiger partial charge in [0.15, 0.2) is 0 Å². The normalized spacial score (nSPS) is 19.9. The molecule has 0 aromatic heterocycles. The summed E-state index contributed by atoms with van der Waals surface area (Å²) in [5, 5.41) is 4.76. The summed E-state index contributed by atoms with van der Waals surface area (Å²) in [6.07, 6.45) is 0.742. The van der Waals surface area contributed by atoms with Crippen molar-refractivity contribution >= 4 is 10.3 Å². The number of hydrogen-bond donors (Lipinski definition) is 1. The van der Waals surface area contributed by atoms with E-state index < -0.39 is 10.3 Å². The van der Waals surface area contributed by atoms with Gasteiger partial charge in [0.25, 0.3) is 0 Å². The SMILES string of the molecule is NS(=O)(=O)OCC1COc2ccccc2C1. The van der Waals surface area contributed by atoms with Gasteiger partial charge in [-0.25, -0.2) is 5.14 Å². The Balaban J connectivity index is 1.98. The average Bonchev–Trinajstić information content (AvgIpc) is 2.25. The van der Waals surface area contributed by atoms with E-state index in [1.54, 1.807) is 0 Å². The van der Waals surface area contributed by atoms with Gasteiger partial charge in [-0.3, -0.25) is 4.18 Å². The number of para-hydroxylation sites is 1. The van der Waals surface area contributed by atoms with Crippen LogP contribution in [0, 0.1) is 5.92 Å².